The van der Waals surface area contributed by atoms with Crippen molar-refractivity contribution in [1.29, 1.82) is 0 Å². The zero-order chi connectivity index (χ0) is 42.8. The van der Waals surface area contributed by atoms with Crippen molar-refractivity contribution in [2.45, 2.75) is 55.1 Å². The number of benzene rings is 3. The third kappa shape index (κ3) is 7.71. The predicted octanol–water partition coefficient (Wildman–Crippen LogP) is 1.11. The van der Waals surface area contributed by atoms with Gasteiger partial charge in [0.05, 0.1) is 25.4 Å². The molecule has 0 unspecified atom stereocenters. The molecule has 3 heterocycles. The number of aromatic amines is 3. The van der Waals surface area contributed by atoms with Crippen LogP contribution in [0.25, 0.3) is 0 Å². The molecule has 0 radical (unpaired) electrons. The molecule has 0 fully saturated rings. The molecule has 0 spiro atoms. The molecular weight excluding hydrogens is 783 g/mol. The van der Waals surface area contributed by atoms with Gasteiger partial charge < -0.3 is 58.5 Å². The van der Waals surface area contributed by atoms with Crippen LogP contribution in [0, 0.1) is 0 Å². The van der Waals surface area contributed by atoms with E-state index in [0.717, 1.165) is 16.7 Å². The maximum absolute atomic E-state index is 15.4. The second-order valence-corrected chi connectivity index (χ2v) is 15.1. The van der Waals surface area contributed by atoms with Crippen molar-refractivity contribution in [3.8, 4) is 0 Å². The van der Waals surface area contributed by atoms with E-state index in [0.29, 0.717) is 50.8 Å². The minimum atomic E-state index is -1.66. The van der Waals surface area contributed by atoms with Gasteiger partial charge >= 0.3 is 5.97 Å². The van der Waals surface area contributed by atoms with Gasteiger partial charge in [-0.15, -0.1) is 0 Å². The zero-order valence-corrected chi connectivity index (χ0v) is 32.6. The van der Waals surface area contributed by atoms with Crippen molar-refractivity contribution in [1.82, 2.24) is 35.2 Å². The van der Waals surface area contributed by atoms with Crippen molar-refractivity contribution in [3.63, 3.8) is 0 Å². The maximum Gasteiger partial charge on any atom is 0.305 e. The van der Waals surface area contributed by atoms with Gasteiger partial charge in [-0.2, -0.15) is 0 Å². The Bertz CT molecular complexity index is 2350. The van der Waals surface area contributed by atoms with E-state index in [4.69, 9.17) is 17.2 Å². The second-order valence-electron chi connectivity index (χ2n) is 15.1. The van der Waals surface area contributed by atoms with Crippen LogP contribution in [0.3, 0.4) is 0 Å². The average Bonchev–Trinajstić information content (AvgIpc) is 4.05. The summed E-state index contributed by atoms with van der Waals surface area (Å²) >= 11 is 0. The molecule has 19 heteroatoms. The molecule has 3 aliphatic carbocycles. The summed E-state index contributed by atoms with van der Waals surface area (Å²) in [5, 5.41) is 22.3. The lowest BCUT2D eigenvalue weighted by Gasteiger charge is -2.50. The van der Waals surface area contributed by atoms with E-state index in [1.54, 1.807) is 18.6 Å². The Hall–Kier alpha value is -7.96. The molecule has 9 rings (SSSR count). The Balaban J connectivity index is 1.29. The number of carboxylic acids is 1. The van der Waals surface area contributed by atoms with Crippen molar-refractivity contribution in [3.05, 3.63) is 143 Å². The van der Waals surface area contributed by atoms with E-state index in [1.165, 1.54) is 19.0 Å². The minimum absolute atomic E-state index is 0.192. The van der Waals surface area contributed by atoms with E-state index in [2.05, 4.69) is 51.2 Å². The number of anilines is 3. The van der Waals surface area contributed by atoms with Gasteiger partial charge in [0.2, 0.25) is 23.6 Å². The summed E-state index contributed by atoms with van der Waals surface area (Å²) in [6.45, 7) is -0.192. The third-order valence-corrected chi connectivity index (χ3v) is 11.3. The summed E-state index contributed by atoms with van der Waals surface area (Å²) < 4.78 is 0. The number of nitrogens with two attached hydrogens (primary N) is 3. The summed E-state index contributed by atoms with van der Waals surface area (Å²) in [6, 6.07) is 14.0. The van der Waals surface area contributed by atoms with E-state index < -0.39 is 59.1 Å². The number of aromatic nitrogens is 6. The lowest BCUT2D eigenvalue weighted by Crippen LogP contribution is -2.53. The van der Waals surface area contributed by atoms with Gasteiger partial charge in [0.25, 0.3) is 0 Å². The van der Waals surface area contributed by atoms with Gasteiger partial charge in [-0.05, 0) is 69.8 Å². The highest BCUT2D eigenvalue weighted by Crippen LogP contribution is 2.60. The Kier molecular flexibility index (Phi) is 10.7. The zero-order valence-electron chi connectivity index (χ0n) is 32.6. The van der Waals surface area contributed by atoms with E-state index in [1.807, 2.05) is 54.6 Å². The molecule has 6 aromatic rings. The predicted molar refractivity (Wildman–Crippen MR) is 222 cm³/mol. The molecular formula is C42H43N13O6. The molecule has 3 aromatic heterocycles. The van der Waals surface area contributed by atoms with Gasteiger partial charge in [0, 0.05) is 84.5 Å². The van der Waals surface area contributed by atoms with Crippen LogP contribution in [0.2, 0.25) is 0 Å². The van der Waals surface area contributed by atoms with Crippen molar-refractivity contribution < 1.29 is 29.1 Å². The molecule has 0 saturated carbocycles. The smallest absolute Gasteiger partial charge is 0.305 e. The van der Waals surface area contributed by atoms with Crippen LogP contribution in [-0.2, 0) is 48.7 Å². The van der Waals surface area contributed by atoms with Crippen LogP contribution < -0.4 is 38.5 Å². The number of carboxylic acid groups (broad SMARTS) is 1. The number of carbonyl (C=O) groups is 5. The van der Waals surface area contributed by atoms with Gasteiger partial charge in [0.15, 0.2) is 0 Å². The van der Waals surface area contributed by atoms with Crippen LogP contribution in [0.4, 0.5) is 17.1 Å². The Labute approximate surface area is 347 Å². The van der Waals surface area contributed by atoms with E-state index in [-0.39, 0.29) is 32.2 Å². The fourth-order valence-electron chi connectivity index (χ4n) is 8.51. The maximum atomic E-state index is 15.4. The first-order valence-corrected chi connectivity index (χ1v) is 19.4. The second kappa shape index (κ2) is 16.4. The lowest BCUT2D eigenvalue weighted by atomic mass is 9.52. The first-order valence-electron chi connectivity index (χ1n) is 19.4. The Morgan fingerprint density at radius 2 is 0.967 bits per heavy atom. The van der Waals surface area contributed by atoms with E-state index in [9.17, 15) is 24.3 Å². The number of H-pyrrole nitrogens is 3. The highest BCUT2D eigenvalue weighted by molar-refractivity contribution is 6.02. The number of aliphatic carboxylic acids is 1. The number of imidazole rings is 3. The minimum Gasteiger partial charge on any atom is -0.481 e. The normalized spacial score (nSPS) is 17.1. The molecule has 2 bridgehead atoms. The lowest BCUT2D eigenvalue weighted by molar-refractivity contribution is -0.137. The van der Waals surface area contributed by atoms with Gasteiger partial charge in [-0.1, -0.05) is 18.2 Å². The summed E-state index contributed by atoms with van der Waals surface area (Å²) in [7, 11) is 0. The molecule has 312 valence electrons. The quantitative estimate of drug-likeness (QED) is 0.0548. The molecule has 61 heavy (non-hydrogen) atoms. The number of nitrogens with one attached hydrogen (secondary N) is 7. The van der Waals surface area contributed by atoms with Crippen LogP contribution >= 0.6 is 0 Å². The number of primary amides is 3. The van der Waals surface area contributed by atoms with Crippen molar-refractivity contribution >= 4 is 46.7 Å². The van der Waals surface area contributed by atoms with E-state index >= 15 is 4.79 Å². The first-order chi connectivity index (χ1) is 29.4. The molecule has 4 amide bonds. The number of carbonyl (C=O) groups excluding carboxylic acids is 4. The number of nitrogens with zero attached hydrogens (tertiary/aromatic N) is 3. The highest BCUT2D eigenvalue weighted by Gasteiger charge is 2.56. The molecule has 3 atom stereocenters. The Morgan fingerprint density at radius 3 is 1.26 bits per heavy atom. The number of rotatable bonds is 19. The molecule has 0 saturated heterocycles. The standard InChI is InChI=1S/C42H43N13O6/c43-38(58)33(12-24-15-46-18-50-24)53-21-1-4-27-30(9-21)42(41(61)49-8-7-36(56)57)31-10-22(54-34(39(44)59)13-25-16-47-19-51-25)2-5-28(31)37(27)29-6-3-23(11-32(29)42)55-35(40(45)60)14-26-17-48-20-52-26/h1-6,9-11,15-20,33-35,37,53-55H,7-8,12-14H2,(H2,43,58)(H2,44,59)(H2,45,60)(H,46,50)(H,47,51)(H,48,52)(H,49,61)(H,56,57)/t33-,34-,35-,37?,42?/m0/s1. The average molecular weight is 826 g/mol. The van der Waals surface area contributed by atoms with Crippen molar-refractivity contribution in [2.24, 2.45) is 17.2 Å². The monoisotopic (exact) mass is 825 g/mol. The molecule has 14 N–H and O–H groups in total. The third-order valence-electron chi connectivity index (χ3n) is 11.3. The highest BCUT2D eigenvalue weighted by atomic mass is 16.4. The number of hydrogen-bond donors (Lipinski definition) is 11. The first kappa shape index (κ1) is 39.8. The molecule has 19 nitrogen and oxygen atoms in total. The molecule has 0 aliphatic heterocycles. The summed E-state index contributed by atoms with van der Waals surface area (Å²) in [5.74, 6) is -3.88. The summed E-state index contributed by atoms with van der Waals surface area (Å²) in [4.78, 5) is 86.6. The molecule has 3 aromatic carbocycles. The van der Waals surface area contributed by atoms with Crippen LogP contribution in [-0.4, -0.2) is 89.3 Å². The van der Waals surface area contributed by atoms with Gasteiger partial charge in [0.1, 0.15) is 23.5 Å². The summed E-state index contributed by atoms with van der Waals surface area (Å²) in [5.41, 5.74) is 23.5. The fraction of sp³-hybridized carbons (Fsp3) is 0.238. The SMILES string of the molecule is NC(=O)[C@H](Cc1cnc[nH]1)Nc1ccc2c(c1)C1(C(=O)NCCC(=O)O)c3cc(N[C@@H](Cc4cnc[nH]4)C(N)=O)ccc3C2c2ccc(N[C@@H](Cc3cnc[nH]3)C(N)=O)cc21. The van der Waals surface area contributed by atoms with Gasteiger partial charge in [-0.25, -0.2) is 15.0 Å². The Morgan fingerprint density at radius 1 is 0.607 bits per heavy atom. The fourth-order valence-corrected chi connectivity index (χ4v) is 8.51. The molecule has 3 aliphatic rings. The van der Waals surface area contributed by atoms with Crippen LogP contribution in [0.1, 0.15) is 62.8 Å². The van der Waals surface area contributed by atoms with Crippen LogP contribution in [0.15, 0.2) is 92.2 Å². The van der Waals surface area contributed by atoms with Crippen LogP contribution in [0.5, 0.6) is 0 Å². The van der Waals surface area contributed by atoms with Crippen molar-refractivity contribution in [2.75, 3.05) is 22.5 Å². The summed E-state index contributed by atoms with van der Waals surface area (Å²) in [6.07, 6.45) is 9.55. The number of hydrogen-bond acceptors (Lipinski definition) is 11. The largest absolute Gasteiger partial charge is 0.481 e. The number of amides is 4. The van der Waals surface area contributed by atoms with Gasteiger partial charge in [-0.3, -0.25) is 24.0 Å². The topological polar surface area (TPSA) is 318 Å².